The molecule has 1 unspecified atom stereocenters. The molecule has 0 amide bonds. The highest BCUT2D eigenvalue weighted by atomic mass is 127. The maximum atomic E-state index is 4.67. The van der Waals surface area contributed by atoms with Crippen LogP contribution in [0.2, 0.25) is 0 Å². The van der Waals surface area contributed by atoms with Crippen LogP contribution >= 0.6 is 24.0 Å². The lowest BCUT2D eigenvalue weighted by molar-refractivity contribution is 0.647. The predicted octanol–water partition coefficient (Wildman–Crippen LogP) is 3.20. The number of para-hydroxylation sites is 1. The average Bonchev–Trinajstić information content (AvgIpc) is 3.33. The van der Waals surface area contributed by atoms with Crippen molar-refractivity contribution < 1.29 is 0 Å². The van der Waals surface area contributed by atoms with Gasteiger partial charge in [0, 0.05) is 43.8 Å². The fraction of sp³-hybridized carbons (Fsp3) is 0.333. The summed E-state index contributed by atoms with van der Waals surface area (Å²) in [7, 11) is 1.81. The Kier molecular flexibility index (Phi) is 6.77. The number of aryl methyl sites for hydroxylation is 1. The first-order valence-corrected chi connectivity index (χ1v) is 9.44. The summed E-state index contributed by atoms with van der Waals surface area (Å²) >= 11 is 0. The normalized spacial score (nSPS) is 16.9. The number of guanidine groups is 1. The number of aliphatic imine (C=N–C) groups is 1. The first-order chi connectivity index (χ1) is 13.2. The Balaban J connectivity index is 0.00000225. The minimum Gasteiger partial charge on any atom is -0.369 e. The molecule has 1 fully saturated rings. The molecule has 3 aromatic rings. The molecular formula is C21H27IN6. The Morgan fingerprint density at radius 3 is 2.75 bits per heavy atom. The van der Waals surface area contributed by atoms with Crippen LogP contribution in [0.5, 0.6) is 0 Å². The Labute approximate surface area is 183 Å². The monoisotopic (exact) mass is 490 g/mol. The SMILES string of the molecule is CN=C(NCc1cn2c(C)cccc2n1)NC1CCN(c2ccccc2)C1.I. The maximum absolute atomic E-state index is 4.67. The minimum absolute atomic E-state index is 0. The quantitative estimate of drug-likeness (QED) is 0.335. The van der Waals surface area contributed by atoms with Gasteiger partial charge >= 0.3 is 0 Å². The molecule has 7 heteroatoms. The number of rotatable bonds is 4. The van der Waals surface area contributed by atoms with Crippen LogP contribution in [-0.4, -0.2) is 41.5 Å². The molecule has 0 bridgehead atoms. The van der Waals surface area contributed by atoms with E-state index in [0.29, 0.717) is 12.6 Å². The number of fused-ring (bicyclic) bond motifs is 1. The lowest BCUT2D eigenvalue weighted by atomic mass is 10.3. The van der Waals surface area contributed by atoms with Crippen LogP contribution in [0.15, 0.2) is 59.7 Å². The number of benzene rings is 1. The third-order valence-electron chi connectivity index (χ3n) is 5.06. The van der Waals surface area contributed by atoms with Crippen LogP contribution in [0, 0.1) is 6.92 Å². The van der Waals surface area contributed by atoms with E-state index in [-0.39, 0.29) is 24.0 Å². The van der Waals surface area contributed by atoms with E-state index in [0.717, 1.165) is 36.8 Å². The largest absolute Gasteiger partial charge is 0.369 e. The molecule has 0 spiro atoms. The summed E-state index contributed by atoms with van der Waals surface area (Å²) in [6.07, 6.45) is 3.18. The standard InChI is InChI=1S/C21H26N6.HI/c1-16-7-6-10-20-24-18(15-27(16)20)13-23-21(22-2)25-17-11-12-26(14-17)19-8-4-3-5-9-19;/h3-10,15,17H,11-14H2,1-2H3,(H2,22,23,25);1H. The number of imidazole rings is 1. The topological polar surface area (TPSA) is 57.0 Å². The number of nitrogens with zero attached hydrogens (tertiary/aromatic N) is 4. The highest BCUT2D eigenvalue weighted by molar-refractivity contribution is 14.0. The van der Waals surface area contributed by atoms with E-state index in [1.165, 1.54) is 11.4 Å². The molecule has 4 rings (SSSR count). The Morgan fingerprint density at radius 2 is 2.00 bits per heavy atom. The van der Waals surface area contributed by atoms with Crippen molar-refractivity contribution >= 4 is 41.3 Å². The highest BCUT2D eigenvalue weighted by Crippen LogP contribution is 2.19. The van der Waals surface area contributed by atoms with Crippen molar-refractivity contribution in [3.05, 3.63) is 66.1 Å². The summed E-state index contributed by atoms with van der Waals surface area (Å²) in [5.41, 5.74) is 4.44. The molecule has 1 aromatic carbocycles. The second-order valence-electron chi connectivity index (χ2n) is 6.96. The maximum Gasteiger partial charge on any atom is 0.191 e. The third kappa shape index (κ3) is 4.57. The Hall–Kier alpha value is -2.29. The van der Waals surface area contributed by atoms with E-state index in [2.05, 4.69) is 79.4 Å². The molecule has 0 saturated carbocycles. The molecule has 3 heterocycles. The number of hydrogen-bond acceptors (Lipinski definition) is 3. The summed E-state index contributed by atoms with van der Waals surface area (Å²) < 4.78 is 2.11. The van der Waals surface area contributed by atoms with Crippen LogP contribution in [-0.2, 0) is 6.54 Å². The van der Waals surface area contributed by atoms with Crippen LogP contribution in [0.1, 0.15) is 17.8 Å². The molecule has 0 radical (unpaired) electrons. The van der Waals surface area contributed by atoms with Gasteiger partial charge in [-0.25, -0.2) is 4.98 Å². The number of halogens is 1. The summed E-state index contributed by atoms with van der Waals surface area (Å²) in [4.78, 5) is 11.5. The van der Waals surface area contributed by atoms with Crippen molar-refractivity contribution in [2.24, 2.45) is 4.99 Å². The van der Waals surface area contributed by atoms with Gasteiger partial charge in [-0.1, -0.05) is 24.3 Å². The van der Waals surface area contributed by atoms with E-state index in [1.54, 1.807) is 0 Å². The lowest BCUT2D eigenvalue weighted by Gasteiger charge is -2.20. The van der Waals surface area contributed by atoms with Crippen molar-refractivity contribution in [3.8, 4) is 0 Å². The molecule has 148 valence electrons. The summed E-state index contributed by atoms with van der Waals surface area (Å²) in [6, 6.07) is 17.1. The molecular weight excluding hydrogens is 463 g/mol. The van der Waals surface area contributed by atoms with E-state index >= 15 is 0 Å². The highest BCUT2D eigenvalue weighted by Gasteiger charge is 2.23. The first kappa shape index (κ1) is 20.4. The van der Waals surface area contributed by atoms with Crippen molar-refractivity contribution in [1.82, 2.24) is 20.0 Å². The van der Waals surface area contributed by atoms with Crippen LogP contribution in [0.25, 0.3) is 5.65 Å². The van der Waals surface area contributed by atoms with Gasteiger partial charge in [0.15, 0.2) is 5.96 Å². The minimum atomic E-state index is 0. The number of nitrogens with one attached hydrogen (secondary N) is 2. The van der Waals surface area contributed by atoms with Gasteiger partial charge in [0.05, 0.1) is 12.2 Å². The zero-order valence-corrected chi connectivity index (χ0v) is 18.6. The van der Waals surface area contributed by atoms with Crippen LogP contribution in [0.3, 0.4) is 0 Å². The molecule has 1 atom stereocenters. The summed E-state index contributed by atoms with van der Waals surface area (Å²) in [5, 5.41) is 6.94. The molecule has 1 aliphatic heterocycles. The van der Waals surface area contributed by atoms with Gasteiger partial charge in [-0.3, -0.25) is 4.99 Å². The fourth-order valence-electron chi connectivity index (χ4n) is 3.60. The molecule has 2 aromatic heterocycles. The van der Waals surface area contributed by atoms with Gasteiger partial charge in [0.2, 0.25) is 0 Å². The van der Waals surface area contributed by atoms with Crippen LogP contribution in [0.4, 0.5) is 5.69 Å². The second kappa shape index (κ2) is 9.27. The summed E-state index contributed by atoms with van der Waals surface area (Å²) in [5.74, 6) is 0.823. The van der Waals surface area contributed by atoms with Crippen molar-refractivity contribution in [2.75, 3.05) is 25.0 Å². The summed E-state index contributed by atoms with van der Waals surface area (Å²) in [6.45, 7) is 4.78. The number of anilines is 1. The lowest BCUT2D eigenvalue weighted by Crippen LogP contribution is -2.44. The average molecular weight is 490 g/mol. The molecule has 6 nitrogen and oxygen atoms in total. The van der Waals surface area contributed by atoms with Crippen molar-refractivity contribution in [2.45, 2.75) is 25.9 Å². The first-order valence-electron chi connectivity index (χ1n) is 9.44. The van der Waals surface area contributed by atoms with Gasteiger partial charge in [-0.05, 0) is 37.6 Å². The van der Waals surface area contributed by atoms with E-state index in [4.69, 9.17) is 0 Å². The number of hydrogen-bond donors (Lipinski definition) is 2. The van der Waals surface area contributed by atoms with Crippen molar-refractivity contribution in [1.29, 1.82) is 0 Å². The van der Waals surface area contributed by atoms with Gasteiger partial charge in [0.1, 0.15) is 5.65 Å². The molecule has 2 N–H and O–H groups in total. The Morgan fingerprint density at radius 1 is 1.18 bits per heavy atom. The fourth-order valence-corrected chi connectivity index (χ4v) is 3.60. The molecule has 1 saturated heterocycles. The molecule has 1 aliphatic rings. The van der Waals surface area contributed by atoms with E-state index < -0.39 is 0 Å². The van der Waals surface area contributed by atoms with Crippen LogP contribution < -0.4 is 15.5 Å². The van der Waals surface area contributed by atoms with E-state index in [1.807, 2.05) is 19.2 Å². The van der Waals surface area contributed by atoms with Gasteiger partial charge < -0.3 is 19.9 Å². The predicted molar refractivity (Wildman–Crippen MR) is 126 cm³/mol. The molecule has 0 aliphatic carbocycles. The smallest absolute Gasteiger partial charge is 0.191 e. The number of aromatic nitrogens is 2. The van der Waals surface area contributed by atoms with Gasteiger partial charge in [-0.15, -0.1) is 24.0 Å². The Bertz CT molecular complexity index is 936. The zero-order valence-electron chi connectivity index (χ0n) is 16.3. The van der Waals surface area contributed by atoms with E-state index in [9.17, 15) is 0 Å². The third-order valence-corrected chi connectivity index (χ3v) is 5.06. The molecule has 28 heavy (non-hydrogen) atoms. The van der Waals surface area contributed by atoms with Gasteiger partial charge in [0.25, 0.3) is 0 Å². The van der Waals surface area contributed by atoms with Crippen molar-refractivity contribution in [3.63, 3.8) is 0 Å². The number of pyridine rings is 1. The second-order valence-corrected chi connectivity index (χ2v) is 6.96. The van der Waals surface area contributed by atoms with Gasteiger partial charge in [-0.2, -0.15) is 0 Å². The zero-order chi connectivity index (χ0) is 18.6.